The van der Waals surface area contributed by atoms with E-state index in [2.05, 4.69) is 10.6 Å². The van der Waals surface area contributed by atoms with Crippen molar-refractivity contribution in [3.8, 4) is 5.75 Å². The Morgan fingerprint density at radius 2 is 1.94 bits per heavy atom. The molecule has 1 aliphatic heterocycles. The van der Waals surface area contributed by atoms with Crippen molar-refractivity contribution >= 4 is 48.9 Å². The van der Waals surface area contributed by atoms with E-state index in [4.69, 9.17) is 16.9 Å². The Hall–Kier alpha value is -2.56. The van der Waals surface area contributed by atoms with E-state index < -0.39 is 18.1 Å². The van der Waals surface area contributed by atoms with Crippen LogP contribution >= 0.6 is 24.8 Å². The second kappa shape index (κ2) is 14.5. The van der Waals surface area contributed by atoms with Crippen LogP contribution < -0.4 is 22.1 Å². The standard InChI is InChI=1S/C20H30N6O4.2ClH/c21-16(11-13-5-7-15(28)8-6-13)19(30)26-10-2-4-17(26)18(29)25-14(12-27)3-1-9-24-20(22)23;;/h5-8,12,14,16-17,28H,1-4,9-11,21H2,(H,25,29)(H4,22,23,24);2*1H/t14-,16-,17-;;/m0../s1. The largest absolute Gasteiger partial charge is 0.508 e. The van der Waals surface area contributed by atoms with Gasteiger partial charge in [0, 0.05) is 13.1 Å². The van der Waals surface area contributed by atoms with E-state index >= 15 is 0 Å². The summed E-state index contributed by atoms with van der Waals surface area (Å²) in [6, 6.07) is 4.34. The van der Waals surface area contributed by atoms with Gasteiger partial charge in [0.2, 0.25) is 11.8 Å². The average Bonchev–Trinajstić information content (AvgIpc) is 3.21. The fraction of sp³-hybridized carbons (Fsp3) is 0.500. The lowest BCUT2D eigenvalue weighted by Gasteiger charge is -2.27. The first-order valence-corrected chi connectivity index (χ1v) is 9.99. The number of carbonyl (C=O) groups is 3. The number of hydrogen-bond donors (Lipinski definition) is 6. The minimum Gasteiger partial charge on any atom is -0.508 e. The molecule has 1 heterocycles. The van der Waals surface area contributed by atoms with Crippen LogP contribution in [0.25, 0.3) is 0 Å². The number of nitrogens with one attached hydrogen (secondary N) is 3. The third kappa shape index (κ3) is 8.89. The van der Waals surface area contributed by atoms with Crippen molar-refractivity contribution in [3.05, 3.63) is 29.8 Å². The third-order valence-electron chi connectivity index (χ3n) is 5.05. The molecule has 1 fully saturated rings. The van der Waals surface area contributed by atoms with Gasteiger partial charge >= 0.3 is 0 Å². The van der Waals surface area contributed by atoms with Crippen molar-refractivity contribution < 1.29 is 19.5 Å². The van der Waals surface area contributed by atoms with E-state index in [-0.39, 0.29) is 48.3 Å². The molecular formula is C20H32Cl2N6O4. The Labute approximate surface area is 199 Å². The molecule has 12 heteroatoms. The summed E-state index contributed by atoms with van der Waals surface area (Å²) < 4.78 is 0. The number of phenols is 1. The number of nitrogens with zero attached hydrogens (tertiary/aromatic N) is 1. The first-order valence-electron chi connectivity index (χ1n) is 9.99. The number of hydrogen-bond acceptors (Lipinski definition) is 6. The summed E-state index contributed by atoms with van der Waals surface area (Å²) in [5.74, 6) is -0.689. The van der Waals surface area contributed by atoms with Crippen LogP contribution in [0, 0.1) is 5.41 Å². The number of rotatable bonds is 10. The number of guanidine groups is 1. The summed E-state index contributed by atoms with van der Waals surface area (Å²) in [6.45, 7) is 0.865. The quantitative estimate of drug-likeness (QED) is 0.116. The fourth-order valence-electron chi connectivity index (χ4n) is 3.49. The van der Waals surface area contributed by atoms with Gasteiger partial charge in [0.15, 0.2) is 5.96 Å². The smallest absolute Gasteiger partial charge is 0.243 e. The highest BCUT2D eigenvalue weighted by molar-refractivity contribution is 5.91. The molecule has 1 saturated heterocycles. The van der Waals surface area contributed by atoms with Crippen LogP contribution in [0.3, 0.4) is 0 Å². The maximum Gasteiger partial charge on any atom is 0.243 e. The molecule has 8 N–H and O–H groups in total. The molecule has 0 saturated carbocycles. The predicted octanol–water partition coefficient (Wildman–Crippen LogP) is 0.0436. The third-order valence-corrected chi connectivity index (χ3v) is 5.05. The van der Waals surface area contributed by atoms with E-state index in [1.807, 2.05) is 0 Å². The molecule has 1 aliphatic rings. The van der Waals surface area contributed by atoms with E-state index in [1.54, 1.807) is 12.1 Å². The second-order valence-electron chi connectivity index (χ2n) is 7.40. The molecular weight excluding hydrogens is 459 g/mol. The lowest BCUT2D eigenvalue weighted by Crippen LogP contribution is -2.53. The monoisotopic (exact) mass is 490 g/mol. The van der Waals surface area contributed by atoms with Crippen molar-refractivity contribution in [2.75, 3.05) is 13.1 Å². The maximum atomic E-state index is 12.8. The molecule has 2 rings (SSSR count). The van der Waals surface area contributed by atoms with Gasteiger partial charge in [0.05, 0.1) is 12.1 Å². The zero-order chi connectivity index (χ0) is 22.1. The van der Waals surface area contributed by atoms with E-state index in [1.165, 1.54) is 17.0 Å². The highest BCUT2D eigenvalue weighted by Gasteiger charge is 2.36. The number of aldehydes is 1. The van der Waals surface area contributed by atoms with Crippen LogP contribution in [0.5, 0.6) is 5.75 Å². The number of aromatic hydroxyl groups is 1. The summed E-state index contributed by atoms with van der Waals surface area (Å²) in [6.07, 6.45) is 3.11. The van der Waals surface area contributed by atoms with Gasteiger partial charge in [-0.2, -0.15) is 0 Å². The van der Waals surface area contributed by atoms with Crippen LogP contribution in [0.1, 0.15) is 31.2 Å². The lowest BCUT2D eigenvalue weighted by atomic mass is 10.0. The first kappa shape index (κ1) is 29.4. The predicted molar refractivity (Wildman–Crippen MR) is 126 cm³/mol. The molecule has 0 unspecified atom stereocenters. The molecule has 1 aromatic carbocycles. The topological polar surface area (TPSA) is 175 Å². The molecule has 32 heavy (non-hydrogen) atoms. The number of halogens is 2. The second-order valence-corrected chi connectivity index (χ2v) is 7.40. The Morgan fingerprint density at radius 1 is 1.28 bits per heavy atom. The molecule has 1 aromatic rings. The van der Waals surface area contributed by atoms with Crippen molar-refractivity contribution in [2.24, 2.45) is 11.5 Å². The number of likely N-dealkylation sites (tertiary alicyclic amines) is 1. The Kier molecular flexibility index (Phi) is 13.3. The SMILES string of the molecule is Cl.Cl.N=C(N)NCCC[C@@H](C=O)NC(=O)[C@@H]1CCCN1C(=O)[C@@H](N)Cc1ccc(O)cc1. The van der Waals surface area contributed by atoms with Crippen LogP contribution in [0.4, 0.5) is 0 Å². The minimum absolute atomic E-state index is 0. The Morgan fingerprint density at radius 3 is 2.53 bits per heavy atom. The molecule has 2 amide bonds. The van der Waals surface area contributed by atoms with Gasteiger partial charge < -0.3 is 36.9 Å². The fourth-order valence-corrected chi connectivity index (χ4v) is 3.49. The summed E-state index contributed by atoms with van der Waals surface area (Å²) in [7, 11) is 0. The van der Waals surface area contributed by atoms with Crippen LogP contribution in [0.15, 0.2) is 24.3 Å². The van der Waals surface area contributed by atoms with E-state index in [0.717, 1.165) is 5.56 Å². The van der Waals surface area contributed by atoms with Crippen LogP contribution in [-0.4, -0.2) is 65.3 Å². The average molecular weight is 491 g/mol. The Bertz CT molecular complexity index is 765. The summed E-state index contributed by atoms with van der Waals surface area (Å²) in [5, 5.41) is 21.8. The number of phenolic OH excluding ortho intramolecular Hbond substituents is 1. The van der Waals surface area contributed by atoms with Gasteiger partial charge in [-0.25, -0.2) is 0 Å². The molecule has 0 bridgehead atoms. The summed E-state index contributed by atoms with van der Waals surface area (Å²) in [5.41, 5.74) is 12.1. The van der Waals surface area contributed by atoms with Crippen LogP contribution in [0.2, 0.25) is 0 Å². The summed E-state index contributed by atoms with van der Waals surface area (Å²) in [4.78, 5) is 38.3. The van der Waals surface area contributed by atoms with Gasteiger partial charge in [-0.05, 0) is 49.8 Å². The highest BCUT2D eigenvalue weighted by atomic mass is 35.5. The molecule has 10 nitrogen and oxygen atoms in total. The van der Waals surface area contributed by atoms with Crippen molar-refractivity contribution in [1.29, 1.82) is 5.41 Å². The molecule has 180 valence electrons. The normalized spacial score (nSPS) is 16.7. The zero-order valence-corrected chi connectivity index (χ0v) is 19.3. The first-order chi connectivity index (χ1) is 14.3. The molecule has 0 radical (unpaired) electrons. The minimum atomic E-state index is -0.803. The van der Waals surface area contributed by atoms with Crippen molar-refractivity contribution in [3.63, 3.8) is 0 Å². The van der Waals surface area contributed by atoms with Gasteiger partial charge in [0.1, 0.15) is 18.1 Å². The lowest BCUT2D eigenvalue weighted by molar-refractivity contribution is -0.139. The Balaban J connectivity index is 0.00000480. The van der Waals surface area contributed by atoms with E-state index in [0.29, 0.717) is 51.5 Å². The van der Waals surface area contributed by atoms with Crippen molar-refractivity contribution in [2.45, 2.75) is 50.2 Å². The zero-order valence-electron chi connectivity index (χ0n) is 17.7. The molecule has 0 spiro atoms. The number of amides is 2. The van der Waals surface area contributed by atoms with Gasteiger partial charge in [-0.1, -0.05) is 12.1 Å². The summed E-state index contributed by atoms with van der Waals surface area (Å²) >= 11 is 0. The van der Waals surface area contributed by atoms with Gasteiger partial charge in [0.25, 0.3) is 0 Å². The molecule has 0 aromatic heterocycles. The van der Waals surface area contributed by atoms with Crippen LogP contribution in [-0.2, 0) is 20.8 Å². The van der Waals surface area contributed by atoms with Gasteiger partial charge in [-0.3, -0.25) is 15.0 Å². The van der Waals surface area contributed by atoms with Crippen molar-refractivity contribution in [1.82, 2.24) is 15.5 Å². The van der Waals surface area contributed by atoms with Gasteiger partial charge in [-0.15, -0.1) is 24.8 Å². The molecule has 3 atom stereocenters. The number of benzene rings is 1. The number of carbonyl (C=O) groups excluding carboxylic acids is 3. The number of nitrogens with two attached hydrogens (primary N) is 2. The van der Waals surface area contributed by atoms with E-state index in [9.17, 15) is 19.5 Å². The molecule has 0 aliphatic carbocycles. The maximum absolute atomic E-state index is 12.8. The highest BCUT2D eigenvalue weighted by Crippen LogP contribution is 2.20.